The second kappa shape index (κ2) is 5.07. The largest absolute Gasteiger partial charge is 0.462 e. The lowest BCUT2D eigenvalue weighted by Gasteiger charge is -2.08. The van der Waals surface area contributed by atoms with Crippen molar-refractivity contribution in [1.29, 1.82) is 0 Å². The van der Waals surface area contributed by atoms with E-state index in [0.29, 0.717) is 18.1 Å². The summed E-state index contributed by atoms with van der Waals surface area (Å²) in [6.45, 7) is 2.11. The van der Waals surface area contributed by atoms with Gasteiger partial charge in [-0.25, -0.2) is 13.9 Å². The standard InChI is InChI=1S/C15H15FN2O2/c1-2-20-15(19)13-9-17-18(14(13)10-3-4-10)12-7-5-11(16)6-8-12/h5-10H,2-4H2,1H3. The van der Waals surface area contributed by atoms with Gasteiger partial charge in [-0.05, 0) is 44.0 Å². The molecule has 4 nitrogen and oxygen atoms in total. The Morgan fingerprint density at radius 2 is 2.10 bits per heavy atom. The van der Waals surface area contributed by atoms with E-state index < -0.39 is 0 Å². The molecule has 0 radical (unpaired) electrons. The first-order valence-corrected chi connectivity index (χ1v) is 6.71. The van der Waals surface area contributed by atoms with Gasteiger partial charge in [-0.1, -0.05) is 0 Å². The van der Waals surface area contributed by atoms with Crippen LogP contribution in [0.25, 0.3) is 5.69 Å². The Bertz CT molecular complexity index is 630. The molecular weight excluding hydrogens is 259 g/mol. The van der Waals surface area contributed by atoms with Crippen LogP contribution in [0.15, 0.2) is 30.5 Å². The van der Waals surface area contributed by atoms with Crippen LogP contribution < -0.4 is 0 Å². The van der Waals surface area contributed by atoms with Crippen LogP contribution in [0.2, 0.25) is 0 Å². The molecule has 20 heavy (non-hydrogen) atoms. The predicted octanol–water partition coefficient (Wildman–Crippen LogP) is 3.07. The van der Waals surface area contributed by atoms with Crippen LogP contribution in [0, 0.1) is 5.82 Å². The van der Waals surface area contributed by atoms with Gasteiger partial charge >= 0.3 is 5.97 Å². The normalized spacial score (nSPS) is 14.3. The Morgan fingerprint density at radius 1 is 1.40 bits per heavy atom. The van der Waals surface area contributed by atoms with Crippen LogP contribution in [0.3, 0.4) is 0 Å². The van der Waals surface area contributed by atoms with Crippen LogP contribution >= 0.6 is 0 Å². The van der Waals surface area contributed by atoms with Crippen LogP contribution in [0.4, 0.5) is 4.39 Å². The molecule has 0 bridgehead atoms. The fourth-order valence-corrected chi connectivity index (χ4v) is 2.26. The minimum Gasteiger partial charge on any atom is -0.462 e. The first kappa shape index (κ1) is 12.8. The summed E-state index contributed by atoms with van der Waals surface area (Å²) in [4.78, 5) is 12.0. The van der Waals surface area contributed by atoms with Gasteiger partial charge in [-0.15, -0.1) is 0 Å². The second-order valence-corrected chi connectivity index (χ2v) is 4.83. The van der Waals surface area contributed by atoms with E-state index in [1.807, 2.05) is 0 Å². The first-order valence-electron chi connectivity index (χ1n) is 6.71. The van der Waals surface area contributed by atoms with Crippen molar-refractivity contribution in [3.05, 3.63) is 47.5 Å². The molecule has 2 aromatic rings. The zero-order chi connectivity index (χ0) is 14.1. The van der Waals surface area contributed by atoms with Crippen molar-refractivity contribution in [3.8, 4) is 5.69 Å². The lowest BCUT2D eigenvalue weighted by Crippen LogP contribution is -2.09. The molecule has 0 unspecified atom stereocenters. The average Bonchev–Trinajstić information content (AvgIpc) is 3.19. The molecule has 1 aliphatic rings. The van der Waals surface area contributed by atoms with Gasteiger partial charge in [-0.3, -0.25) is 0 Å². The maximum atomic E-state index is 13.0. The fourth-order valence-electron chi connectivity index (χ4n) is 2.26. The van der Waals surface area contributed by atoms with Crippen molar-refractivity contribution in [2.45, 2.75) is 25.7 Å². The lowest BCUT2D eigenvalue weighted by atomic mass is 10.1. The summed E-state index contributed by atoms with van der Waals surface area (Å²) in [5.74, 6) is -0.302. The number of nitrogens with zero attached hydrogens (tertiary/aromatic N) is 2. The summed E-state index contributed by atoms with van der Waals surface area (Å²) in [6, 6.07) is 6.09. The highest BCUT2D eigenvalue weighted by atomic mass is 19.1. The highest BCUT2D eigenvalue weighted by Gasteiger charge is 2.33. The summed E-state index contributed by atoms with van der Waals surface area (Å²) in [5, 5.41) is 4.27. The number of carbonyl (C=O) groups is 1. The molecule has 104 valence electrons. The molecule has 0 spiro atoms. The number of ether oxygens (including phenoxy) is 1. The number of rotatable bonds is 4. The molecule has 1 saturated carbocycles. The third kappa shape index (κ3) is 2.31. The molecule has 1 heterocycles. The van der Waals surface area contributed by atoms with Crippen molar-refractivity contribution < 1.29 is 13.9 Å². The van der Waals surface area contributed by atoms with E-state index >= 15 is 0 Å². The van der Waals surface area contributed by atoms with Gasteiger partial charge in [0.15, 0.2) is 0 Å². The first-order chi connectivity index (χ1) is 9.70. The van der Waals surface area contributed by atoms with Gasteiger partial charge in [0.05, 0.1) is 24.2 Å². The molecule has 0 amide bonds. The second-order valence-electron chi connectivity index (χ2n) is 4.83. The van der Waals surface area contributed by atoms with E-state index in [0.717, 1.165) is 24.2 Å². The highest BCUT2D eigenvalue weighted by Crippen LogP contribution is 2.42. The average molecular weight is 274 g/mol. The molecular formula is C15H15FN2O2. The number of aromatic nitrogens is 2. The lowest BCUT2D eigenvalue weighted by molar-refractivity contribution is 0.0525. The van der Waals surface area contributed by atoms with E-state index in [1.54, 1.807) is 23.7 Å². The Labute approximate surface area is 116 Å². The Balaban J connectivity index is 2.03. The molecule has 0 N–H and O–H groups in total. The zero-order valence-corrected chi connectivity index (χ0v) is 11.2. The number of carbonyl (C=O) groups excluding carboxylic acids is 1. The molecule has 5 heteroatoms. The minimum absolute atomic E-state index is 0.292. The maximum absolute atomic E-state index is 13.0. The highest BCUT2D eigenvalue weighted by molar-refractivity contribution is 5.91. The van der Waals surface area contributed by atoms with Crippen molar-refractivity contribution in [3.63, 3.8) is 0 Å². The van der Waals surface area contributed by atoms with Crippen molar-refractivity contribution in [2.24, 2.45) is 0 Å². The molecule has 0 aliphatic heterocycles. The van der Waals surface area contributed by atoms with E-state index in [2.05, 4.69) is 5.10 Å². The topological polar surface area (TPSA) is 44.1 Å². The molecule has 1 aliphatic carbocycles. The van der Waals surface area contributed by atoms with Gasteiger partial charge in [0.1, 0.15) is 11.4 Å². The third-order valence-electron chi connectivity index (χ3n) is 3.34. The van der Waals surface area contributed by atoms with Crippen LogP contribution in [0.1, 0.15) is 41.7 Å². The Hall–Kier alpha value is -2.17. The van der Waals surface area contributed by atoms with E-state index in [1.165, 1.54) is 18.3 Å². The summed E-state index contributed by atoms with van der Waals surface area (Å²) < 4.78 is 19.8. The number of benzene rings is 1. The van der Waals surface area contributed by atoms with Crippen molar-refractivity contribution in [2.75, 3.05) is 6.61 Å². The van der Waals surface area contributed by atoms with Crippen molar-refractivity contribution >= 4 is 5.97 Å². The van der Waals surface area contributed by atoms with Crippen molar-refractivity contribution in [1.82, 2.24) is 9.78 Å². The number of hydrogen-bond acceptors (Lipinski definition) is 3. The molecule has 3 rings (SSSR count). The molecule has 0 atom stereocenters. The number of hydrogen-bond donors (Lipinski definition) is 0. The molecule has 1 aromatic heterocycles. The van der Waals surface area contributed by atoms with E-state index in [4.69, 9.17) is 4.74 Å². The molecule has 0 saturated heterocycles. The molecule has 1 aromatic carbocycles. The van der Waals surface area contributed by atoms with Crippen LogP contribution in [-0.4, -0.2) is 22.4 Å². The third-order valence-corrected chi connectivity index (χ3v) is 3.34. The van der Waals surface area contributed by atoms with Gasteiger partial charge in [0.25, 0.3) is 0 Å². The van der Waals surface area contributed by atoms with Gasteiger partial charge in [-0.2, -0.15) is 5.10 Å². The Morgan fingerprint density at radius 3 is 2.70 bits per heavy atom. The van der Waals surface area contributed by atoms with Crippen LogP contribution in [-0.2, 0) is 4.74 Å². The summed E-state index contributed by atoms with van der Waals surface area (Å²) in [5.41, 5.74) is 2.14. The quantitative estimate of drug-likeness (QED) is 0.805. The smallest absolute Gasteiger partial charge is 0.341 e. The van der Waals surface area contributed by atoms with Gasteiger partial charge in [0, 0.05) is 5.92 Å². The van der Waals surface area contributed by atoms with E-state index in [-0.39, 0.29) is 11.8 Å². The summed E-state index contributed by atoms with van der Waals surface area (Å²) in [7, 11) is 0. The number of halogens is 1. The fraction of sp³-hybridized carbons (Fsp3) is 0.333. The summed E-state index contributed by atoms with van der Waals surface area (Å²) in [6.07, 6.45) is 3.62. The monoisotopic (exact) mass is 274 g/mol. The molecule has 1 fully saturated rings. The van der Waals surface area contributed by atoms with Crippen LogP contribution in [0.5, 0.6) is 0 Å². The maximum Gasteiger partial charge on any atom is 0.341 e. The summed E-state index contributed by atoms with van der Waals surface area (Å²) >= 11 is 0. The number of esters is 1. The van der Waals surface area contributed by atoms with E-state index in [9.17, 15) is 9.18 Å². The SMILES string of the molecule is CCOC(=O)c1cnn(-c2ccc(F)cc2)c1C1CC1. The zero-order valence-electron chi connectivity index (χ0n) is 11.2. The predicted molar refractivity (Wildman–Crippen MR) is 71.5 cm³/mol. The van der Waals surface area contributed by atoms with Gasteiger partial charge in [0.2, 0.25) is 0 Å². The minimum atomic E-state index is -0.345. The Kier molecular flexibility index (Phi) is 3.26. The van der Waals surface area contributed by atoms with Gasteiger partial charge < -0.3 is 4.74 Å².